The first-order valence-electron chi connectivity index (χ1n) is 9.49. The molecule has 0 spiro atoms. The van der Waals surface area contributed by atoms with Crippen molar-refractivity contribution < 1.29 is 4.79 Å². The predicted octanol–water partition coefficient (Wildman–Crippen LogP) is 3.75. The first-order valence-corrected chi connectivity index (χ1v) is 9.49. The zero-order valence-corrected chi connectivity index (χ0v) is 15.4. The van der Waals surface area contributed by atoms with Crippen molar-refractivity contribution >= 4 is 16.7 Å². The molecule has 1 N–H and O–H groups in total. The van der Waals surface area contributed by atoms with Gasteiger partial charge in [0.1, 0.15) is 0 Å². The van der Waals surface area contributed by atoms with Gasteiger partial charge in [0.15, 0.2) is 0 Å². The molecule has 5 nitrogen and oxygen atoms in total. The summed E-state index contributed by atoms with van der Waals surface area (Å²) in [6.07, 6.45) is 4.23. The number of aryl methyl sites for hydroxylation is 1. The van der Waals surface area contributed by atoms with Crippen LogP contribution in [0.1, 0.15) is 53.3 Å². The maximum Gasteiger partial charge on any atom is 0.274 e. The van der Waals surface area contributed by atoms with Gasteiger partial charge in [-0.3, -0.25) is 9.59 Å². The third-order valence-corrected chi connectivity index (χ3v) is 5.38. The van der Waals surface area contributed by atoms with Crippen molar-refractivity contribution in [2.24, 2.45) is 0 Å². The highest BCUT2D eigenvalue weighted by Gasteiger charge is 2.21. The van der Waals surface area contributed by atoms with Gasteiger partial charge >= 0.3 is 0 Å². The van der Waals surface area contributed by atoms with Crippen molar-refractivity contribution in [1.29, 1.82) is 0 Å². The van der Waals surface area contributed by atoms with Crippen LogP contribution >= 0.6 is 0 Å². The molecule has 1 fully saturated rings. The molecule has 5 heteroatoms. The molecule has 138 valence electrons. The predicted molar refractivity (Wildman–Crippen MR) is 106 cm³/mol. The summed E-state index contributed by atoms with van der Waals surface area (Å²) >= 11 is 0. The van der Waals surface area contributed by atoms with Gasteiger partial charge in [-0.25, -0.2) is 4.68 Å². The highest BCUT2D eigenvalue weighted by Crippen LogP contribution is 2.28. The van der Waals surface area contributed by atoms with E-state index in [1.165, 1.54) is 0 Å². The van der Waals surface area contributed by atoms with E-state index in [9.17, 15) is 9.59 Å². The molecule has 1 aliphatic carbocycles. The molecule has 1 aromatic heterocycles. The van der Waals surface area contributed by atoms with E-state index in [-0.39, 0.29) is 17.5 Å². The van der Waals surface area contributed by atoms with Gasteiger partial charge in [-0.05, 0) is 37.5 Å². The minimum atomic E-state index is -0.127. The standard InChI is InChI=1S/C22H23N3O2/c1-15-8-2-5-11-17(15)21(26)23-14-20-18-12-6-7-13-19(18)22(27)25(24-20)16-9-3-4-10-16/h2,5-8,11-13,16H,3-4,9-10,14H2,1H3,(H,23,26). The third-order valence-electron chi connectivity index (χ3n) is 5.38. The van der Waals surface area contributed by atoms with Gasteiger partial charge in [-0.15, -0.1) is 0 Å². The van der Waals surface area contributed by atoms with Crippen LogP contribution in [0, 0.1) is 6.92 Å². The summed E-state index contributed by atoms with van der Waals surface area (Å²) in [6.45, 7) is 2.21. The average molecular weight is 361 g/mol. The monoisotopic (exact) mass is 361 g/mol. The molecule has 1 amide bonds. The first-order chi connectivity index (χ1) is 13.1. The number of nitrogens with one attached hydrogen (secondary N) is 1. The number of carbonyl (C=O) groups is 1. The third kappa shape index (κ3) is 3.37. The fourth-order valence-corrected chi connectivity index (χ4v) is 3.89. The number of hydrogen-bond acceptors (Lipinski definition) is 3. The summed E-state index contributed by atoms with van der Waals surface area (Å²) in [5.41, 5.74) is 2.29. The Hall–Kier alpha value is -2.95. The van der Waals surface area contributed by atoms with E-state index >= 15 is 0 Å². The molecule has 0 bridgehead atoms. The highest BCUT2D eigenvalue weighted by atomic mass is 16.1. The normalized spacial score (nSPS) is 14.6. The van der Waals surface area contributed by atoms with Crippen LogP contribution in [0.5, 0.6) is 0 Å². The second-order valence-electron chi connectivity index (χ2n) is 7.18. The van der Waals surface area contributed by atoms with Gasteiger partial charge in [0.2, 0.25) is 0 Å². The lowest BCUT2D eigenvalue weighted by molar-refractivity contribution is 0.0949. The molecule has 1 aliphatic rings. The maximum absolute atomic E-state index is 12.9. The largest absolute Gasteiger partial charge is 0.346 e. The molecule has 1 heterocycles. The Kier molecular flexibility index (Phi) is 4.75. The minimum Gasteiger partial charge on any atom is -0.346 e. The zero-order chi connectivity index (χ0) is 18.8. The van der Waals surface area contributed by atoms with Crippen LogP contribution in [0.3, 0.4) is 0 Å². The lowest BCUT2D eigenvalue weighted by atomic mass is 10.1. The first kappa shape index (κ1) is 17.5. The van der Waals surface area contributed by atoms with Crippen molar-refractivity contribution in [2.45, 2.75) is 45.2 Å². The number of aromatic nitrogens is 2. The lowest BCUT2D eigenvalue weighted by Crippen LogP contribution is -2.30. The zero-order valence-electron chi connectivity index (χ0n) is 15.4. The number of nitrogens with zero attached hydrogens (tertiary/aromatic N) is 2. The number of rotatable bonds is 4. The van der Waals surface area contributed by atoms with E-state index in [0.717, 1.165) is 42.3 Å². The van der Waals surface area contributed by atoms with Gasteiger partial charge < -0.3 is 5.32 Å². The van der Waals surface area contributed by atoms with Crippen LogP contribution in [0.2, 0.25) is 0 Å². The minimum absolute atomic E-state index is 0.0357. The molecular weight excluding hydrogens is 338 g/mol. The lowest BCUT2D eigenvalue weighted by Gasteiger charge is -2.16. The van der Waals surface area contributed by atoms with Crippen molar-refractivity contribution in [3.05, 3.63) is 75.7 Å². The molecular formula is C22H23N3O2. The molecule has 0 unspecified atom stereocenters. The Balaban J connectivity index is 1.68. The molecule has 0 aliphatic heterocycles. The van der Waals surface area contributed by atoms with Crippen LogP contribution < -0.4 is 10.9 Å². The van der Waals surface area contributed by atoms with Crippen LogP contribution in [0.25, 0.3) is 10.8 Å². The van der Waals surface area contributed by atoms with Crippen LogP contribution in [-0.2, 0) is 6.54 Å². The molecule has 27 heavy (non-hydrogen) atoms. The summed E-state index contributed by atoms with van der Waals surface area (Å²) in [7, 11) is 0. The molecule has 3 aromatic rings. The molecule has 0 radical (unpaired) electrons. The summed E-state index contributed by atoms with van der Waals surface area (Å²) < 4.78 is 1.64. The van der Waals surface area contributed by atoms with Crippen LogP contribution in [0.4, 0.5) is 0 Å². The molecule has 2 aromatic carbocycles. The summed E-state index contributed by atoms with van der Waals surface area (Å²) in [5.74, 6) is -0.127. The Bertz CT molecular complexity index is 1050. The fraction of sp³-hybridized carbons (Fsp3) is 0.318. The maximum atomic E-state index is 12.9. The number of benzene rings is 2. The molecule has 0 atom stereocenters. The van der Waals surface area contributed by atoms with Crippen LogP contribution in [-0.4, -0.2) is 15.7 Å². The van der Waals surface area contributed by atoms with Gasteiger partial charge in [-0.1, -0.05) is 49.2 Å². The topological polar surface area (TPSA) is 64.0 Å². The van der Waals surface area contributed by atoms with Crippen LogP contribution in [0.15, 0.2) is 53.3 Å². The summed E-state index contributed by atoms with van der Waals surface area (Å²) in [6, 6.07) is 15.2. The quantitative estimate of drug-likeness (QED) is 0.770. The van der Waals surface area contributed by atoms with Gasteiger partial charge in [-0.2, -0.15) is 5.10 Å². The number of amides is 1. The number of carbonyl (C=O) groups excluding carboxylic acids is 1. The van der Waals surface area contributed by atoms with E-state index in [0.29, 0.717) is 17.5 Å². The Morgan fingerprint density at radius 1 is 1.07 bits per heavy atom. The van der Waals surface area contributed by atoms with Gasteiger partial charge in [0.25, 0.3) is 11.5 Å². The van der Waals surface area contributed by atoms with Crippen molar-refractivity contribution in [3.63, 3.8) is 0 Å². The SMILES string of the molecule is Cc1ccccc1C(=O)NCc1nn(C2CCCC2)c(=O)c2ccccc12. The number of fused-ring (bicyclic) bond motifs is 1. The summed E-state index contributed by atoms with van der Waals surface area (Å²) in [4.78, 5) is 25.5. The fourth-order valence-electron chi connectivity index (χ4n) is 3.89. The molecule has 0 saturated heterocycles. The van der Waals surface area contributed by atoms with E-state index in [1.54, 1.807) is 4.68 Å². The average Bonchev–Trinajstić information content (AvgIpc) is 3.22. The second-order valence-corrected chi connectivity index (χ2v) is 7.18. The van der Waals surface area contributed by atoms with E-state index in [2.05, 4.69) is 10.4 Å². The van der Waals surface area contributed by atoms with E-state index in [1.807, 2.05) is 55.5 Å². The van der Waals surface area contributed by atoms with E-state index in [4.69, 9.17) is 0 Å². The highest BCUT2D eigenvalue weighted by molar-refractivity contribution is 5.95. The molecule has 4 rings (SSSR count). The Morgan fingerprint density at radius 2 is 1.74 bits per heavy atom. The van der Waals surface area contributed by atoms with Gasteiger partial charge in [0, 0.05) is 10.9 Å². The van der Waals surface area contributed by atoms with E-state index < -0.39 is 0 Å². The molecule has 1 saturated carbocycles. The van der Waals surface area contributed by atoms with Crippen molar-refractivity contribution in [3.8, 4) is 0 Å². The summed E-state index contributed by atoms with van der Waals surface area (Å²) in [5, 5.41) is 9.10. The Labute approximate surface area is 158 Å². The Morgan fingerprint density at radius 3 is 2.48 bits per heavy atom. The number of hydrogen-bond donors (Lipinski definition) is 1. The van der Waals surface area contributed by atoms with Crippen molar-refractivity contribution in [1.82, 2.24) is 15.1 Å². The van der Waals surface area contributed by atoms with Crippen molar-refractivity contribution in [2.75, 3.05) is 0 Å². The van der Waals surface area contributed by atoms with Gasteiger partial charge in [0.05, 0.1) is 23.7 Å². The second kappa shape index (κ2) is 7.35. The smallest absolute Gasteiger partial charge is 0.274 e.